The van der Waals surface area contributed by atoms with E-state index < -0.39 is 0 Å². The molecule has 1 aromatic rings. The van der Waals surface area contributed by atoms with E-state index in [-0.39, 0.29) is 36.3 Å². The second-order valence-corrected chi connectivity index (χ2v) is 8.91. The fourth-order valence-electron chi connectivity index (χ4n) is 4.29. The summed E-state index contributed by atoms with van der Waals surface area (Å²) >= 11 is 0. The number of piperidine rings is 2. The normalized spacial score (nSPS) is 24.1. The molecule has 0 bridgehead atoms. The zero-order valence-corrected chi connectivity index (χ0v) is 19.1. The molecule has 2 unspecified atom stereocenters. The number of nitrogens with zero attached hydrogens (tertiary/aromatic N) is 4. The number of carbonyl (C=O) groups excluding carboxylic acids is 1. The first-order valence-corrected chi connectivity index (χ1v) is 10.0. The van der Waals surface area contributed by atoms with E-state index in [1.54, 1.807) is 6.20 Å². The molecule has 1 amide bonds. The number of rotatable bonds is 5. The highest BCUT2D eigenvalue weighted by Crippen LogP contribution is 2.27. The molecule has 0 aromatic carbocycles. The Balaban J connectivity index is 0.00000196. The minimum Gasteiger partial charge on any atom is -0.349 e. The molecule has 162 valence electrons. The zero-order chi connectivity index (χ0) is 18.7. The van der Waals surface area contributed by atoms with Gasteiger partial charge in [-0.25, -0.2) is 4.68 Å². The van der Waals surface area contributed by atoms with E-state index in [1.807, 2.05) is 4.68 Å². The number of halogens is 2. The van der Waals surface area contributed by atoms with Gasteiger partial charge in [0.05, 0.1) is 12.2 Å². The maximum absolute atomic E-state index is 12.5. The van der Waals surface area contributed by atoms with Crippen molar-refractivity contribution >= 4 is 30.7 Å². The molecule has 2 aliphatic rings. The van der Waals surface area contributed by atoms with Gasteiger partial charge >= 0.3 is 0 Å². The fourth-order valence-corrected chi connectivity index (χ4v) is 4.29. The molecule has 0 radical (unpaired) electrons. The van der Waals surface area contributed by atoms with Crippen molar-refractivity contribution < 1.29 is 4.79 Å². The molecule has 2 saturated heterocycles. The van der Waals surface area contributed by atoms with Crippen LogP contribution in [0.2, 0.25) is 0 Å². The summed E-state index contributed by atoms with van der Waals surface area (Å²) in [5.74, 6) is 1.29. The maximum Gasteiger partial charge on any atom is 0.273 e. The fraction of sp³-hybridized carbons (Fsp3) is 0.842. The van der Waals surface area contributed by atoms with Gasteiger partial charge in [-0.1, -0.05) is 19.1 Å². The molecule has 2 fully saturated rings. The topological polar surface area (TPSA) is 75.1 Å². The van der Waals surface area contributed by atoms with Crippen LogP contribution in [0.1, 0.15) is 63.5 Å². The van der Waals surface area contributed by atoms with Gasteiger partial charge in [-0.3, -0.25) is 9.69 Å². The Hall–Kier alpha value is -0.890. The third kappa shape index (κ3) is 6.31. The Morgan fingerprint density at radius 3 is 2.43 bits per heavy atom. The summed E-state index contributed by atoms with van der Waals surface area (Å²) in [7, 11) is 0. The molecule has 1 aromatic heterocycles. The van der Waals surface area contributed by atoms with Gasteiger partial charge in [-0.2, -0.15) is 0 Å². The molecule has 2 N–H and O–H groups in total. The van der Waals surface area contributed by atoms with E-state index in [4.69, 9.17) is 0 Å². The summed E-state index contributed by atoms with van der Waals surface area (Å²) in [6.45, 7) is 13.9. The summed E-state index contributed by atoms with van der Waals surface area (Å²) in [6, 6.07) is 0.345. The van der Waals surface area contributed by atoms with Crippen LogP contribution in [0.15, 0.2) is 6.20 Å². The van der Waals surface area contributed by atoms with Crippen molar-refractivity contribution in [3.05, 3.63) is 11.9 Å². The number of nitrogens with one attached hydrogen (secondary N) is 2. The van der Waals surface area contributed by atoms with Gasteiger partial charge in [0.15, 0.2) is 5.69 Å². The molecule has 0 spiro atoms. The van der Waals surface area contributed by atoms with Gasteiger partial charge in [0.25, 0.3) is 5.91 Å². The Morgan fingerprint density at radius 2 is 1.82 bits per heavy atom. The van der Waals surface area contributed by atoms with Crippen LogP contribution in [-0.4, -0.2) is 64.1 Å². The van der Waals surface area contributed by atoms with E-state index >= 15 is 0 Å². The lowest BCUT2D eigenvalue weighted by Gasteiger charge is -2.45. The molecule has 3 rings (SSSR count). The minimum atomic E-state index is -0.128. The lowest BCUT2D eigenvalue weighted by Crippen LogP contribution is -2.56. The predicted molar refractivity (Wildman–Crippen MR) is 117 cm³/mol. The van der Waals surface area contributed by atoms with Crippen LogP contribution in [0.5, 0.6) is 0 Å². The Labute approximate surface area is 181 Å². The van der Waals surface area contributed by atoms with Gasteiger partial charge in [0.2, 0.25) is 0 Å². The molecule has 2 aliphatic heterocycles. The molecular formula is C19H36Cl2N6O. The highest BCUT2D eigenvalue weighted by molar-refractivity contribution is 5.91. The number of hydrogen-bond donors (Lipinski definition) is 2. The summed E-state index contributed by atoms with van der Waals surface area (Å²) in [6.07, 6.45) is 5.15. The van der Waals surface area contributed by atoms with Crippen LogP contribution in [0.25, 0.3) is 0 Å². The van der Waals surface area contributed by atoms with Gasteiger partial charge in [0, 0.05) is 25.2 Å². The van der Waals surface area contributed by atoms with Crippen molar-refractivity contribution in [2.75, 3.05) is 32.7 Å². The molecule has 0 aliphatic carbocycles. The highest BCUT2D eigenvalue weighted by Gasteiger charge is 2.33. The largest absolute Gasteiger partial charge is 0.349 e. The van der Waals surface area contributed by atoms with E-state index in [0.29, 0.717) is 30.1 Å². The third-order valence-electron chi connectivity index (χ3n) is 5.83. The van der Waals surface area contributed by atoms with Crippen molar-refractivity contribution in [3.63, 3.8) is 0 Å². The second-order valence-electron chi connectivity index (χ2n) is 8.91. The quantitative estimate of drug-likeness (QED) is 0.744. The lowest BCUT2D eigenvalue weighted by molar-refractivity contribution is 0.0444. The number of likely N-dealkylation sites (tertiary alicyclic amines) is 1. The first-order chi connectivity index (χ1) is 12.3. The second kappa shape index (κ2) is 10.8. The predicted octanol–water partition coefficient (Wildman–Crippen LogP) is 2.53. The number of amides is 1. The number of hydrogen-bond acceptors (Lipinski definition) is 5. The van der Waals surface area contributed by atoms with Crippen molar-refractivity contribution in [3.8, 4) is 0 Å². The van der Waals surface area contributed by atoms with Gasteiger partial charge in [-0.15, -0.1) is 29.9 Å². The van der Waals surface area contributed by atoms with E-state index in [9.17, 15) is 4.79 Å². The van der Waals surface area contributed by atoms with Crippen LogP contribution in [-0.2, 0) is 0 Å². The summed E-state index contributed by atoms with van der Waals surface area (Å²) in [5.41, 5.74) is 0.351. The smallest absolute Gasteiger partial charge is 0.273 e. The summed E-state index contributed by atoms with van der Waals surface area (Å²) in [4.78, 5) is 15.1. The molecule has 3 heterocycles. The van der Waals surface area contributed by atoms with E-state index in [1.165, 1.54) is 6.42 Å². The summed E-state index contributed by atoms with van der Waals surface area (Å²) < 4.78 is 1.86. The molecule has 28 heavy (non-hydrogen) atoms. The zero-order valence-electron chi connectivity index (χ0n) is 17.5. The van der Waals surface area contributed by atoms with Crippen LogP contribution in [0, 0.1) is 11.8 Å². The Kier molecular flexibility index (Phi) is 9.67. The Bertz CT molecular complexity index is 607. The molecular weight excluding hydrogens is 399 g/mol. The van der Waals surface area contributed by atoms with Crippen LogP contribution in [0.3, 0.4) is 0 Å². The number of carbonyl (C=O) groups is 1. The van der Waals surface area contributed by atoms with Crippen LogP contribution >= 0.6 is 24.8 Å². The average Bonchev–Trinajstić information content (AvgIpc) is 3.10. The van der Waals surface area contributed by atoms with Gasteiger partial charge in [-0.05, 0) is 58.0 Å². The van der Waals surface area contributed by atoms with Crippen molar-refractivity contribution in [1.29, 1.82) is 0 Å². The monoisotopic (exact) mass is 434 g/mol. The SMILES string of the molecule is CC1CC(C)CN(C(C)(C)CNC(=O)c2cn(C3CCNCC3)nn2)C1.Cl.Cl. The standard InChI is InChI=1S/C19H34N6O.2ClH/c1-14-9-15(2)11-24(10-14)19(3,4)13-21-18(26)17-12-25(23-22-17)16-5-7-20-8-6-16;;/h12,14-16,20H,5-11,13H2,1-4H3,(H,21,26);2*1H. The summed E-state index contributed by atoms with van der Waals surface area (Å²) in [5, 5.41) is 14.7. The van der Waals surface area contributed by atoms with Crippen molar-refractivity contribution in [1.82, 2.24) is 30.5 Å². The molecule has 7 nitrogen and oxygen atoms in total. The maximum atomic E-state index is 12.5. The Morgan fingerprint density at radius 1 is 1.21 bits per heavy atom. The van der Waals surface area contributed by atoms with E-state index in [0.717, 1.165) is 39.0 Å². The third-order valence-corrected chi connectivity index (χ3v) is 5.83. The van der Waals surface area contributed by atoms with Gasteiger partial charge < -0.3 is 10.6 Å². The first-order valence-electron chi connectivity index (χ1n) is 10.0. The highest BCUT2D eigenvalue weighted by atomic mass is 35.5. The van der Waals surface area contributed by atoms with Crippen molar-refractivity contribution in [2.45, 2.75) is 58.5 Å². The number of aromatic nitrogens is 3. The van der Waals surface area contributed by atoms with Crippen LogP contribution < -0.4 is 10.6 Å². The molecule has 9 heteroatoms. The van der Waals surface area contributed by atoms with Crippen molar-refractivity contribution in [2.24, 2.45) is 11.8 Å². The molecule has 2 atom stereocenters. The van der Waals surface area contributed by atoms with Gasteiger partial charge in [0.1, 0.15) is 0 Å². The first kappa shape index (κ1) is 25.1. The lowest BCUT2D eigenvalue weighted by atomic mass is 9.88. The molecule has 0 saturated carbocycles. The van der Waals surface area contributed by atoms with Crippen LogP contribution in [0.4, 0.5) is 0 Å². The average molecular weight is 435 g/mol. The van der Waals surface area contributed by atoms with E-state index in [2.05, 4.69) is 53.5 Å². The minimum absolute atomic E-state index is 0.